The van der Waals surface area contributed by atoms with Crippen LogP contribution in [0, 0.1) is 0 Å². The largest absolute Gasteiger partial charge is 0.497 e. The molecule has 49 heavy (non-hydrogen) atoms. The highest BCUT2D eigenvalue weighted by Crippen LogP contribution is 2.35. The Bertz CT molecular complexity index is 1680. The average Bonchev–Trinajstić information content (AvgIpc) is 3.75. The molecular formula is C37H48N8O4. The van der Waals surface area contributed by atoms with E-state index in [0.717, 1.165) is 62.3 Å². The van der Waals surface area contributed by atoms with Gasteiger partial charge in [0.2, 0.25) is 0 Å². The lowest BCUT2D eigenvalue weighted by molar-refractivity contribution is -0.0380. The first-order valence-electron chi connectivity index (χ1n) is 17.2. The van der Waals surface area contributed by atoms with Gasteiger partial charge < -0.3 is 29.3 Å². The highest BCUT2D eigenvalue weighted by Gasteiger charge is 2.49. The first-order valence-corrected chi connectivity index (χ1v) is 17.2. The molecule has 8 heterocycles. The molecule has 2 aromatic carbocycles. The number of ether oxygens (including phenoxy) is 3. The van der Waals surface area contributed by atoms with Gasteiger partial charge in [-0.05, 0) is 69.0 Å². The summed E-state index contributed by atoms with van der Waals surface area (Å²) in [5.74, 6) is 3.80. The number of amides is 1. The molecule has 0 radical (unpaired) electrons. The SMILES string of the molecule is COc1ccc(Cn2ccc(N3CC4CC(C3)N4)n2)cc1.COc1ccc(Cn2ccc(N3CC4CC(C3)N4C(=O)OC(C)(C)C)n2)cc1. The summed E-state index contributed by atoms with van der Waals surface area (Å²) in [7, 11) is 3.36. The number of piperazine rings is 2. The number of benzene rings is 2. The van der Waals surface area contributed by atoms with Crippen LogP contribution in [-0.2, 0) is 17.8 Å². The molecule has 12 heteroatoms. The summed E-state index contributed by atoms with van der Waals surface area (Å²) in [5.41, 5.74) is 1.95. The standard InChI is InChI=1S/C21H28N4O3.C16H20N4O/c1-21(2,3)28-20(26)25-16-11-17(25)14-23(13-16)19-9-10-24(22-19)12-15-5-7-18(27-4)8-6-15;1-21-15-4-2-12(3-5-15)9-20-7-6-16(18-20)19-10-13-8-14(11-19)17-13/h5-10,16-17H,11-14H2,1-4H3;2-7,13-14,17H,8-11H2,1H3. The van der Waals surface area contributed by atoms with Crippen LogP contribution in [0.1, 0.15) is 44.7 Å². The molecule has 0 saturated carbocycles. The van der Waals surface area contributed by atoms with Gasteiger partial charge in [0.05, 0.1) is 39.4 Å². The fraction of sp³-hybridized carbons (Fsp3) is 0.486. The van der Waals surface area contributed by atoms with Crippen molar-refractivity contribution >= 4 is 17.7 Å². The van der Waals surface area contributed by atoms with Crippen LogP contribution in [0.2, 0.25) is 0 Å². The Labute approximate surface area is 288 Å². The van der Waals surface area contributed by atoms with E-state index in [9.17, 15) is 4.79 Å². The van der Waals surface area contributed by atoms with E-state index in [1.165, 1.54) is 17.5 Å². The maximum Gasteiger partial charge on any atom is 0.410 e. The van der Waals surface area contributed by atoms with Crippen LogP contribution in [-0.4, -0.2) is 101 Å². The van der Waals surface area contributed by atoms with Crippen molar-refractivity contribution in [1.82, 2.24) is 29.8 Å². The number of aromatic nitrogens is 4. The van der Waals surface area contributed by atoms with Crippen LogP contribution in [0.4, 0.5) is 16.4 Å². The molecule has 4 atom stereocenters. The number of rotatable bonds is 8. The maximum atomic E-state index is 12.4. The van der Waals surface area contributed by atoms with Gasteiger partial charge in [-0.15, -0.1) is 0 Å². The number of anilines is 2. The lowest BCUT2D eigenvalue weighted by Crippen LogP contribution is -2.70. The van der Waals surface area contributed by atoms with Gasteiger partial charge in [0.15, 0.2) is 11.6 Å². The van der Waals surface area contributed by atoms with Gasteiger partial charge >= 0.3 is 6.09 Å². The van der Waals surface area contributed by atoms with Gasteiger partial charge in [0.25, 0.3) is 0 Å². The molecule has 4 aromatic rings. The van der Waals surface area contributed by atoms with Crippen LogP contribution >= 0.6 is 0 Å². The zero-order chi connectivity index (χ0) is 34.1. The fourth-order valence-corrected chi connectivity index (χ4v) is 7.16. The number of hydrogen-bond acceptors (Lipinski definition) is 9. The zero-order valence-corrected chi connectivity index (χ0v) is 29.2. The Morgan fingerprint density at radius 1 is 0.714 bits per heavy atom. The number of nitrogens with one attached hydrogen (secondary N) is 1. The Hall–Kier alpha value is -4.71. The molecule has 12 nitrogen and oxygen atoms in total. The van der Waals surface area contributed by atoms with Gasteiger partial charge in [0.1, 0.15) is 17.1 Å². The second-order valence-electron chi connectivity index (χ2n) is 14.5. The predicted molar refractivity (Wildman–Crippen MR) is 189 cm³/mol. The van der Waals surface area contributed by atoms with Gasteiger partial charge in [-0.2, -0.15) is 10.2 Å². The summed E-state index contributed by atoms with van der Waals surface area (Å²) in [5, 5.41) is 13.0. The monoisotopic (exact) mass is 668 g/mol. The second kappa shape index (κ2) is 13.7. The van der Waals surface area contributed by atoms with Gasteiger partial charge in [-0.1, -0.05) is 24.3 Å². The Morgan fingerprint density at radius 2 is 1.16 bits per heavy atom. The third-order valence-corrected chi connectivity index (χ3v) is 9.63. The fourth-order valence-electron chi connectivity index (χ4n) is 7.16. The normalized spacial score (nSPS) is 22.3. The van der Waals surface area contributed by atoms with Crippen molar-refractivity contribution in [2.24, 2.45) is 0 Å². The molecule has 2 aromatic heterocycles. The van der Waals surface area contributed by atoms with Crippen molar-refractivity contribution in [3.05, 3.63) is 84.2 Å². The number of carbonyl (C=O) groups excluding carboxylic acids is 1. The van der Waals surface area contributed by atoms with Gasteiger partial charge in [-0.3, -0.25) is 14.3 Å². The number of nitrogens with zero attached hydrogens (tertiary/aromatic N) is 7. The van der Waals surface area contributed by atoms with Crippen molar-refractivity contribution in [1.29, 1.82) is 0 Å². The summed E-state index contributed by atoms with van der Waals surface area (Å²) in [6, 6.07) is 22.1. The Balaban J connectivity index is 0.000000160. The molecule has 4 bridgehead atoms. The number of methoxy groups -OCH3 is 2. The lowest BCUT2D eigenvalue weighted by atomic mass is 9.88. The van der Waals surface area contributed by atoms with E-state index in [-0.39, 0.29) is 18.2 Å². The van der Waals surface area contributed by atoms with Gasteiger partial charge in [0, 0.05) is 62.8 Å². The summed E-state index contributed by atoms with van der Waals surface area (Å²) >= 11 is 0. The molecular weight excluding hydrogens is 620 g/mol. The molecule has 4 unspecified atom stereocenters. The molecule has 1 N–H and O–H groups in total. The number of fused-ring (bicyclic) bond motifs is 4. The maximum absolute atomic E-state index is 12.4. The summed E-state index contributed by atoms with van der Waals surface area (Å²) in [4.78, 5) is 19.0. The molecule has 6 saturated heterocycles. The zero-order valence-electron chi connectivity index (χ0n) is 29.2. The Morgan fingerprint density at radius 3 is 1.59 bits per heavy atom. The minimum Gasteiger partial charge on any atom is -0.497 e. The molecule has 6 aliphatic rings. The minimum absolute atomic E-state index is 0.196. The van der Waals surface area contributed by atoms with E-state index in [1.54, 1.807) is 14.2 Å². The van der Waals surface area contributed by atoms with Gasteiger partial charge in [-0.25, -0.2) is 4.79 Å². The van der Waals surface area contributed by atoms with E-state index in [1.807, 2.05) is 71.6 Å². The molecule has 6 aliphatic heterocycles. The highest BCUT2D eigenvalue weighted by atomic mass is 16.6. The van der Waals surface area contributed by atoms with Crippen molar-refractivity contribution in [3.63, 3.8) is 0 Å². The first kappa shape index (κ1) is 32.8. The van der Waals surface area contributed by atoms with Crippen LogP contribution in [0.3, 0.4) is 0 Å². The summed E-state index contributed by atoms with van der Waals surface area (Å²) < 4.78 is 19.9. The van der Waals surface area contributed by atoms with Crippen LogP contribution < -0.4 is 24.6 Å². The molecule has 260 valence electrons. The van der Waals surface area contributed by atoms with Crippen molar-refractivity contribution in [3.8, 4) is 11.5 Å². The van der Waals surface area contributed by atoms with E-state index in [4.69, 9.17) is 24.4 Å². The second-order valence-corrected chi connectivity index (χ2v) is 14.5. The van der Waals surface area contributed by atoms with Crippen LogP contribution in [0.25, 0.3) is 0 Å². The molecule has 10 rings (SSSR count). The number of carbonyl (C=O) groups is 1. The quantitative estimate of drug-likeness (QED) is 0.288. The summed E-state index contributed by atoms with van der Waals surface area (Å²) in [6.45, 7) is 11.0. The van der Waals surface area contributed by atoms with Crippen LogP contribution in [0.15, 0.2) is 73.1 Å². The van der Waals surface area contributed by atoms with E-state index < -0.39 is 5.60 Å². The summed E-state index contributed by atoms with van der Waals surface area (Å²) in [6.07, 6.45) is 6.24. The predicted octanol–water partition coefficient (Wildman–Crippen LogP) is 4.63. The van der Waals surface area contributed by atoms with E-state index >= 15 is 0 Å². The first-order chi connectivity index (χ1) is 23.6. The Kier molecular flexibility index (Phi) is 9.15. The van der Waals surface area contributed by atoms with Crippen molar-refractivity contribution in [2.75, 3.05) is 50.2 Å². The average molecular weight is 669 g/mol. The van der Waals surface area contributed by atoms with E-state index in [2.05, 4.69) is 51.6 Å². The molecule has 6 fully saturated rings. The third kappa shape index (κ3) is 7.64. The number of piperidine rings is 2. The smallest absolute Gasteiger partial charge is 0.410 e. The molecule has 0 aliphatic carbocycles. The topological polar surface area (TPSA) is 102 Å². The highest BCUT2D eigenvalue weighted by molar-refractivity contribution is 5.71. The van der Waals surface area contributed by atoms with Crippen molar-refractivity contribution < 1.29 is 19.0 Å². The third-order valence-electron chi connectivity index (χ3n) is 9.63. The van der Waals surface area contributed by atoms with Crippen molar-refractivity contribution in [2.45, 2.75) is 76.5 Å². The minimum atomic E-state index is -0.457. The lowest BCUT2D eigenvalue weighted by Gasteiger charge is -2.55. The van der Waals surface area contributed by atoms with E-state index in [0.29, 0.717) is 18.6 Å². The number of hydrogen-bond donors (Lipinski definition) is 1. The molecule has 0 spiro atoms. The van der Waals surface area contributed by atoms with Crippen LogP contribution in [0.5, 0.6) is 11.5 Å². The molecule has 1 amide bonds.